The summed E-state index contributed by atoms with van der Waals surface area (Å²) in [7, 11) is 4.20. The molecule has 11 heavy (non-hydrogen) atoms. The van der Waals surface area contributed by atoms with E-state index in [0.717, 1.165) is 12.8 Å². The third-order valence-electron chi connectivity index (χ3n) is 2.03. The summed E-state index contributed by atoms with van der Waals surface area (Å²) in [4.78, 5) is 2.23. The van der Waals surface area contributed by atoms with E-state index < -0.39 is 0 Å². The fraction of sp³-hybridized carbons (Fsp3) is 0.889. The Bertz CT molecular complexity index is 124. The molecule has 0 saturated heterocycles. The van der Waals surface area contributed by atoms with Crippen LogP contribution in [0.3, 0.4) is 0 Å². The SMILES string of the molecule is CCC(CCCC#N)N(C)C. The molecule has 1 unspecified atom stereocenters. The zero-order chi connectivity index (χ0) is 8.69. The Balaban J connectivity index is 3.46. The number of rotatable bonds is 5. The van der Waals surface area contributed by atoms with Crippen molar-refractivity contribution in [1.82, 2.24) is 4.90 Å². The second-order valence-corrected chi connectivity index (χ2v) is 3.08. The van der Waals surface area contributed by atoms with E-state index >= 15 is 0 Å². The van der Waals surface area contributed by atoms with Crippen molar-refractivity contribution in [3.8, 4) is 6.07 Å². The van der Waals surface area contributed by atoms with Crippen LogP contribution in [0.25, 0.3) is 0 Å². The standard InChI is InChI=1S/C9H18N2/c1-4-9(11(2)3)7-5-6-8-10/h9H,4-7H2,1-3H3. The molecule has 0 heterocycles. The van der Waals surface area contributed by atoms with E-state index in [-0.39, 0.29) is 0 Å². The molecule has 0 saturated carbocycles. The molecule has 0 bridgehead atoms. The van der Waals surface area contributed by atoms with Gasteiger partial charge in [0.1, 0.15) is 0 Å². The first-order valence-corrected chi connectivity index (χ1v) is 4.25. The monoisotopic (exact) mass is 154 g/mol. The van der Waals surface area contributed by atoms with Crippen LogP contribution in [0.4, 0.5) is 0 Å². The van der Waals surface area contributed by atoms with Gasteiger partial charge in [-0.05, 0) is 33.4 Å². The average molecular weight is 154 g/mol. The van der Waals surface area contributed by atoms with Gasteiger partial charge < -0.3 is 4.90 Å². The molecule has 1 atom stereocenters. The number of nitriles is 1. The molecule has 0 aliphatic rings. The van der Waals surface area contributed by atoms with Gasteiger partial charge in [0, 0.05) is 12.5 Å². The first kappa shape index (κ1) is 10.4. The van der Waals surface area contributed by atoms with Gasteiger partial charge in [-0.3, -0.25) is 0 Å². The van der Waals surface area contributed by atoms with E-state index in [0.29, 0.717) is 12.5 Å². The summed E-state index contributed by atoms with van der Waals surface area (Å²) in [6, 6.07) is 2.82. The smallest absolute Gasteiger partial charge is 0.0621 e. The molecule has 0 spiro atoms. The fourth-order valence-electron chi connectivity index (χ4n) is 1.24. The van der Waals surface area contributed by atoms with E-state index in [9.17, 15) is 0 Å². The molecule has 0 aromatic carbocycles. The molecule has 0 fully saturated rings. The number of hydrogen-bond donors (Lipinski definition) is 0. The molecule has 0 aromatic heterocycles. The highest BCUT2D eigenvalue weighted by molar-refractivity contribution is 4.71. The second kappa shape index (κ2) is 6.18. The maximum Gasteiger partial charge on any atom is 0.0621 e. The third kappa shape index (κ3) is 4.80. The second-order valence-electron chi connectivity index (χ2n) is 3.08. The first-order chi connectivity index (χ1) is 5.22. The minimum absolute atomic E-state index is 0.656. The van der Waals surface area contributed by atoms with Gasteiger partial charge in [-0.1, -0.05) is 6.92 Å². The lowest BCUT2D eigenvalue weighted by molar-refractivity contribution is 0.268. The normalized spacial score (nSPS) is 13.0. The van der Waals surface area contributed by atoms with Crippen LogP contribution < -0.4 is 0 Å². The summed E-state index contributed by atoms with van der Waals surface area (Å²) in [5.74, 6) is 0. The van der Waals surface area contributed by atoms with Crippen LogP contribution in [0, 0.1) is 11.3 Å². The number of hydrogen-bond acceptors (Lipinski definition) is 2. The lowest BCUT2D eigenvalue weighted by Crippen LogP contribution is -2.26. The molecule has 2 heteroatoms. The number of nitrogens with zero attached hydrogens (tertiary/aromatic N) is 2. The highest BCUT2D eigenvalue weighted by Gasteiger charge is 2.06. The molecule has 0 rings (SSSR count). The van der Waals surface area contributed by atoms with Gasteiger partial charge in [0.15, 0.2) is 0 Å². The Hall–Kier alpha value is -0.550. The van der Waals surface area contributed by atoms with Gasteiger partial charge in [0.2, 0.25) is 0 Å². The molecule has 0 amide bonds. The van der Waals surface area contributed by atoms with Crippen molar-refractivity contribution < 1.29 is 0 Å². The van der Waals surface area contributed by atoms with E-state index in [1.54, 1.807) is 0 Å². The van der Waals surface area contributed by atoms with Crippen molar-refractivity contribution in [3.05, 3.63) is 0 Å². The maximum atomic E-state index is 8.33. The Morgan fingerprint density at radius 3 is 2.45 bits per heavy atom. The summed E-state index contributed by atoms with van der Waals surface area (Å²) in [5, 5.41) is 8.33. The van der Waals surface area contributed by atoms with Crippen LogP contribution in [0.5, 0.6) is 0 Å². The molecule has 0 aliphatic carbocycles. The molecular weight excluding hydrogens is 136 g/mol. The summed E-state index contributed by atoms with van der Waals surface area (Å²) >= 11 is 0. The number of unbranched alkanes of at least 4 members (excludes halogenated alkanes) is 1. The minimum Gasteiger partial charge on any atom is -0.306 e. The lowest BCUT2D eigenvalue weighted by Gasteiger charge is -2.21. The summed E-state index contributed by atoms with van der Waals surface area (Å²) in [6.45, 7) is 2.19. The van der Waals surface area contributed by atoms with Crippen molar-refractivity contribution in [2.45, 2.75) is 38.6 Å². The summed E-state index contributed by atoms with van der Waals surface area (Å²) in [6.07, 6.45) is 4.06. The molecule has 64 valence electrons. The Morgan fingerprint density at radius 1 is 1.45 bits per heavy atom. The van der Waals surface area contributed by atoms with Gasteiger partial charge >= 0.3 is 0 Å². The Labute approximate surface area is 69.8 Å². The molecule has 0 N–H and O–H groups in total. The van der Waals surface area contributed by atoms with E-state index in [1.807, 2.05) is 0 Å². The molecule has 0 aromatic rings. The summed E-state index contributed by atoms with van der Waals surface area (Å²) < 4.78 is 0. The third-order valence-corrected chi connectivity index (χ3v) is 2.03. The highest BCUT2D eigenvalue weighted by Crippen LogP contribution is 2.08. The van der Waals surface area contributed by atoms with Crippen molar-refractivity contribution >= 4 is 0 Å². The van der Waals surface area contributed by atoms with Crippen LogP contribution >= 0.6 is 0 Å². The average Bonchev–Trinajstić information content (AvgIpc) is 1.97. The molecule has 2 nitrogen and oxygen atoms in total. The quantitative estimate of drug-likeness (QED) is 0.566. The Kier molecular flexibility index (Phi) is 5.87. The first-order valence-electron chi connectivity index (χ1n) is 4.25. The zero-order valence-electron chi connectivity index (χ0n) is 7.80. The lowest BCUT2D eigenvalue weighted by atomic mass is 10.1. The molecule has 0 radical (unpaired) electrons. The van der Waals surface area contributed by atoms with Gasteiger partial charge in [-0.2, -0.15) is 5.26 Å². The molecule has 0 aliphatic heterocycles. The summed E-state index contributed by atoms with van der Waals surface area (Å²) in [5.41, 5.74) is 0. The van der Waals surface area contributed by atoms with Crippen LogP contribution in [-0.2, 0) is 0 Å². The van der Waals surface area contributed by atoms with Gasteiger partial charge in [0.25, 0.3) is 0 Å². The van der Waals surface area contributed by atoms with Gasteiger partial charge in [0.05, 0.1) is 6.07 Å². The fourth-order valence-corrected chi connectivity index (χ4v) is 1.24. The van der Waals surface area contributed by atoms with Crippen molar-refractivity contribution in [2.24, 2.45) is 0 Å². The van der Waals surface area contributed by atoms with Crippen molar-refractivity contribution in [3.63, 3.8) is 0 Å². The van der Waals surface area contributed by atoms with E-state index in [2.05, 4.69) is 32.0 Å². The minimum atomic E-state index is 0.656. The maximum absolute atomic E-state index is 8.33. The van der Waals surface area contributed by atoms with Crippen molar-refractivity contribution in [2.75, 3.05) is 14.1 Å². The van der Waals surface area contributed by atoms with Crippen LogP contribution in [0.1, 0.15) is 32.6 Å². The van der Waals surface area contributed by atoms with E-state index in [1.165, 1.54) is 6.42 Å². The van der Waals surface area contributed by atoms with Crippen LogP contribution in [0.15, 0.2) is 0 Å². The van der Waals surface area contributed by atoms with Crippen LogP contribution in [0.2, 0.25) is 0 Å². The van der Waals surface area contributed by atoms with Crippen LogP contribution in [-0.4, -0.2) is 25.0 Å². The topological polar surface area (TPSA) is 27.0 Å². The Morgan fingerprint density at radius 2 is 2.09 bits per heavy atom. The highest BCUT2D eigenvalue weighted by atomic mass is 15.1. The van der Waals surface area contributed by atoms with Gasteiger partial charge in [-0.15, -0.1) is 0 Å². The predicted octanol–water partition coefficient (Wildman–Crippen LogP) is 2.02. The zero-order valence-corrected chi connectivity index (χ0v) is 7.80. The largest absolute Gasteiger partial charge is 0.306 e. The van der Waals surface area contributed by atoms with Crippen molar-refractivity contribution in [1.29, 1.82) is 5.26 Å². The molecular formula is C9H18N2. The van der Waals surface area contributed by atoms with E-state index in [4.69, 9.17) is 5.26 Å². The predicted molar refractivity (Wildman–Crippen MR) is 47.2 cm³/mol. The van der Waals surface area contributed by atoms with Gasteiger partial charge in [-0.25, -0.2) is 0 Å².